The second-order valence-electron chi connectivity index (χ2n) is 2.91. The summed E-state index contributed by atoms with van der Waals surface area (Å²) in [6.45, 7) is 0. The fourth-order valence-corrected chi connectivity index (χ4v) is 1.88. The van der Waals surface area contributed by atoms with Crippen molar-refractivity contribution in [1.29, 1.82) is 0 Å². The highest BCUT2D eigenvalue weighted by molar-refractivity contribution is 7.13. The van der Waals surface area contributed by atoms with E-state index in [-0.39, 0.29) is 5.97 Å². The maximum absolute atomic E-state index is 11.2. The molecule has 0 amide bonds. The number of aromatic nitrogens is 1. The molecule has 0 radical (unpaired) electrons. The number of nitrogens with zero attached hydrogens (tertiary/aromatic N) is 1. The van der Waals surface area contributed by atoms with Crippen LogP contribution in [0, 0.1) is 0 Å². The monoisotopic (exact) mass is 219 g/mol. The number of thiazole rings is 1. The van der Waals surface area contributed by atoms with Crippen LogP contribution >= 0.6 is 11.3 Å². The Bertz CT molecular complexity index is 448. The van der Waals surface area contributed by atoms with Crippen LogP contribution in [0.25, 0.3) is 10.6 Å². The predicted molar refractivity (Wildman–Crippen MR) is 58.9 cm³/mol. The molecule has 3 nitrogen and oxygen atoms in total. The lowest BCUT2D eigenvalue weighted by molar-refractivity contribution is 0.0601. The fourth-order valence-electron chi connectivity index (χ4n) is 1.23. The van der Waals surface area contributed by atoms with E-state index < -0.39 is 0 Å². The van der Waals surface area contributed by atoms with Crippen molar-refractivity contribution < 1.29 is 9.53 Å². The largest absolute Gasteiger partial charge is 0.465 e. The van der Waals surface area contributed by atoms with Crippen molar-refractivity contribution >= 4 is 17.3 Å². The van der Waals surface area contributed by atoms with Crippen LogP contribution in [0.5, 0.6) is 0 Å². The topological polar surface area (TPSA) is 39.2 Å². The molecule has 1 heterocycles. The van der Waals surface area contributed by atoms with Crippen molar-refractivity contribution in [2.75, 3.05) is 7.11 Å². The molecule has 0 saturated carbocycles. The molecule has 0 atom stereocenters. The van der Waals surface area contributed by atoms with E-state index in [2.05, 4.69) is 9.72 Å². The van der Waals surface area contributed by atoms with Crippen molar-refractivity contribution in [1.82, 2.24) is 4.98 Å². The van der Waals surface area contributed by atoms with Crippen LogP contribution in [-0.4, -0.2) is 18.1 Å². The van der Waals surface area contributed by atoms with Crippen LogP contribution in [0.15, 0.2) is 35.8 Å². The van der Waals surface area contributed by atoms with Gasteiger partial charge in [-0.3, -0.25) is 0 Å². The Morgan fingerprint density at radius 2 is 2.07 bits per heavy atom. The lowest BCUT2D eigenvalue weighted by Crippen LogP contribution is -2.00. The number of methoxy groups -OCH3 is 1. The zero-order chi connectivity index (χ0) is 10.7. The smallest absolute Gasteiger partial charge is 0.337 e. The molecule has 76 valence electrons. The maximum Gasteiger partial charge on any atom is 0.337 e. The van der Waals surface area contributed by atoms with Gasteiger partial charge in [-0.1, -0.05) is 12.1 Å². The van der Waals surface area contributed by atoms with Crippen LogP contribution in [0.1, 0.15) is 10.4 Å². The first kappa shape index (κ1) is 9.86. The molecule has 0 aliphatic heterocycles. The highest BCUT2D eigenvalue weighted by atomic mass is 32.1. The molecule has 2 rings (SSSR count). The van der Waals surface area contributed by atoms with Gasteiger partial charge in [0.25, 0.3) is 0 Å². The minimum atomic E-state index is -0.319. The summed E-state index contributed by atoms with van der Waals surface area (Å²) in [6, 6.07) is 7.21. The van der Waals surface area contributed by atoms with E-state index in [1.54, 1.807) is 29.7 Å². The molecule has 15 heavy (non-hydrogen) atoms. The van der Waals surface area contributed by atoms with Gasteiger partial charge in [0.05, 0.1) is 12.7 Å². The SMILES string of the molecule is COC(=O)c1ccc(-c2nccs2)cc1. The number of esters is 1. The number of ether oxygens (including phenoxy) is 1. The lowest BCUT2D eigenvalue weighted by Gasteiger charge is -1.99. The Morgan fingerprint density at radius 3 is 2.60 bits per heavy atom. The van der Waals surface area contributed by atoms with E-state index in [1.807, 2.05) is 17.5 Å². The summed E-state index contributed by atoms with van der Waals surface area (Å²) in [4.78, 5) is 15.4. The average molecular weight is 219 g/mol. The van der Waals surface area contributed by atoms with Crippen molar-refractivity contribution in [3.8, 4) is 10.6 Å². The highest BCUT2D eigenvalue weighted by Gasteiger charge is 2.05. The van der Waals surface area contributed by atoms with Gasteiger partial charge in [0.2, 0.25) is 0 Å². The van der Waals surface area contributed by atoms with Gasteiger partial charge in [0.15, 0.2) is 0 Å². The van der Waals surface area contributed by atoms with Crippen LogP contribution in [0.3, 0.4) is 0 Å². The Hall–Kier alpha value is -1.68. The molecular weight excluding hydrogens is 210 g/mol. The molecule has 4 heteroatoms. The number of benzene rings is 1. The Morgan fingerprint density at radius 1 is 1.33 bits per heavy atom. The molecule has 0 aliphatic rings. The molecule has 1 aromatic carbocycles. The second kappa shape index (κ2) is 4.23. The molecule has 0 bridgehead atoms. The van der Waals surface area contributed by atoms with Crippen LogP contribution < -0.4 is 0 Å². The Balaban J connectivity index is 2.29. The van der Waals surface area contributed by atoms with Gasteiger partial charge in [0.1, 0.15) is 5.01 Å². The van der Waals surface area contributed by atoms with E-state index in [0.717, 1.165) is 10.6 Å². The quantitative estimate of drug-likeness (QED) is 0.729. The van der Waals surface area contributed by atoms with Gasteiger partial charge in [-0.25, -0.2) is 9.78 Å². The number of rotatable bonds is 2. The Labute approximate surface area is 91.4 Å². The zero-order valence-electron chi connectivity index (χ0n) is 8.14. The minimum absolute atomic E-state index is 0.319. The third-order valence-corrected chi connectivity index (χ3v) is 2.81. The van der Waals surface area contributed by atoms with E-state index in [1.165, 1.54) is 7.11 Å². The van der Waals surface area contributed by atoms with Gasteiger partial charge in [-0.05, 0) is 12.1 Å². The van der Waals surface area contributed by atoms with Gasteiger partial charge >= 0.3 is 5.97 Å². The third-order valence-electron chi connectivity index (χ3n) is 1.99. The van der Waals surface area contributed by atoms with Crippen LogP contribution in [0.2, 0.25) is 0 Å². The molecular formula is C11H9NO2S. The molecule has 0 N–H and O–H groups in total. The molecule has 1 aromatic heterocycles. The predicted octanol–water partition coefficient (Wildman–Crippen LogP) is 2.60. The summed E-state index contributed by atoms with van der Waals surface area (Å²) in [5, 5.41) is 2.87. The van der Waals surface area contributed by atoms with E-state index in [9.17, 15) is 4.79 Å². The van der Waals surface area contributed by atoms with Crippen molar-refractivity contribution in [3.63, 3.8) is 0 Å². The van der Waals surface area contributed by atoms with Gasteiger partial charge in [-0.2, -0.15) is 0 Å². The van der Waals surface area contributed by atoms with E-state index in [0.29, 0.717) is 5.56 Å². The first-order chi connectivity index (χ1) is 7.31. The molecule has 2 aromatic rings. The van der Waals surface area contributed by atoms with Crippen LogP contribution in [-0.2, 0) is 4.74 Å². The number of carbonyl (C=O) groups is 1. The van der Waals surface area contributed by atoms with Crippen molar-refractivity contribution in [2.24, 2.45) is 0 Å². The summed E-state index contributed by atoms with van der Waals surface area (Å²) in [7, 11) is 1.37. The second-order valence-corrected chi connectivity index (χ2v) is 3.80. The lowest BCUT2D eigenvalue weighted by atomic mass is 10.1. The van der Waals surface area contributed by atoms with Gasteiger partial charge in [0, 0.05) is 17.1 Å². The van der Waals surface area contributed by atoms with Crippen molar-refractivity contribution in [2.45, 2.75) is 0 Å². The first-order valence-corrected chi connectivity index (χ1v) is 5.27. The van der Waals surface area contributed by atoms with E-state index >= 15 is 0 Å². The van der Waals surface area contributed by atoms with E-state index in [4.69, 9.17) is 0 Å². The van der Waals surface area contributed by atoms with Gasteiger partial charge in [-0.15, -0.1) is 11.3 Å². The standard InChI is InChI=1S/C11H9NO2S/c1-14-11(13)9-4-2-8(3-5-9)10-12-6-7-15-10/h2-7H,1H3. The molecule has 0 saturated heterocycles. The maximum atomic E-state index is 11.2. The third kappa shape index (κ3) is 2.05. The summed E-state index contributed by atoms with van der Waals surface area (Å²) in [6.07, 6.45) is 1.76. The Kier molecular flexibility index (Phi) is 2.78. The number of hydrogen-bond donors (Lipinski definition) is 0. The average Bonchev–Trinajstić information content (AvgIpc) is 2.82. The molecule has 0 unspecified atom stereocenters. The molecule has 0 aliphatic carbocycles. The highest BCUT2D eigenvalue weighted by Crippen LogP contribution is 2.21. The summed E-state index contributed by atoms with van der Waals surface area (Å²) in [5.41, 5.74) is 1.57. The van der Waals surface area contributed by atoms with Crippen LogP contribution in [0.4, 0.5) is 0 Å². The first-order valence-electron chi connectivity index (χ1n) is 4.39. The van der Waals surface area contributed by atoms with Gasteiger partial charge < -0.3 is 4.74 Å². The number of hydrogen-bond acceptors (Lipinski definition) is 4. The normalized spacial score (nSPS) is 9.93. The minimum Gasteiger partial charge on any atom is -0.465 e. The fraction of sp³-hybridized carbons (Fsp3) is 0.0909. The number of carbonyl (C=O) groups excluding carboxylic acids is 1. The zero-order valence-corrected chi connectivity index (χ0v) is 8.95. The molecule has 0 fully saturated rings. The summed E-state index contributed by atoms with van der Waals surface area (Å²) >= 11 is 1.57. The summed E-state index contributed by atoms with van der Waals surface area (Å²) < 4.78 is 4.61. The van der Waals surface area contributed by atoms with Crippen molar-refractivity contribution in [3.05, 3.63) is 41.4 Å². The summed E-state index contributed by atoms with van der Waals surface area (Å²) in [5.74, 6) is -0.319. The molecule has 0 spiro atoms.